The normalized spacial score (nSPS) is 15.3. The summed E-state index contributed by atoms with van der Waals surface area (Å²) in [4.78, 5) is 17.2. The van der Waals surface area contributed by atoms with Gasteiger partial charge in [0, 0.05) is 16.8 Å². The zero-order valence-electron chi connectivity index (χ0n) is 18.2. The van der Waals surface area contributed by atoms with E-state index in [0.29, 0.717) is 16.1 Å². The summed E-state index contributed by atoms with van der Waals surface area (Å²) >= 11 is 12.9. The Bertz CT molecular complexity index is 1830. The van der Waals surface area contributed by atoms with E-state index in [0.717, 1.165) is 45.8 Å². The molecule has 8 nitrogen and oxygen atoms in total. The molecule has 3 aromatic heterocycles. The van der Waals surface area contributed by atoms with Crippen molar-refractivity contribution in [2.24, 2.45) is 0 Å². The van der Waals surface area contributed by atoms with Gasteiger partial charge >= 0.3 is 5.69 Å². The highest BCUT2D eigenvalue weighted by molar-refractivity contribution is 6.35. The molecule has 1 aliphatic rings. The van der Waals surface area contributed by atoms with Crippen molar-refractivity contribution in [2.75, 3.05) is 0 Å². The van der Waals surface area contributed by atoms with Crippen LogP contribution in [-0.4, -0.2) is 34.7 Å². The van der Waals surface area contributed by atoms with E-state index in [-0.39, 0.29) is 11.7 Å². The smallest absolute Gasteiger partial charge is 0.306 e. The van der Waals surface area contributed by atoms with Crippen molar-refractivity contribution < 1.29 is 0 Å². The Balaban J connectivity index is 1.32. The van der Waals surface area contributed by atoms with E-state index in [2.05, 4.69) is 36.1 Å². The van der Waals surface area contributed by atoms with Crippen molar-refractivity contribution >= 4 is 45.3 Å². The van der Waals surface area contributed by atoms with Crippen LogP contribution in [0.15, 0.2) is 65.6 Å². The Morgan fingerprint density at radius 2 is 1.77 bits per heavy atom. The molecular formula is C25H17Cl2N7O. The summed E-state index contributed by atoms with van der Waals surface area (Å²) in [7, 11) is 0. The van der Waals surface area contributed by atoms with Crippen molar-refractivity contribution in [1.29, 1.82) is 0 Å². The second-order valence-corrected chi connectivity index (χ2v) is 9.62. The number of rotatable bonds is 3. The molecule has 3 heterocycles. The minimum Gasteiger partial charge on any atom is -0.306 e. The molecule has 0 bridgehead atoms. The summed E-state index contributed by atoms with van der Waals surface area (Å²) in [6.45, 7) is 0. The van der Waals surface area contributed by atoms with Gasteiger partial charge in [-0.05, 0) is 72.5 Å². The number of imidazole rings is 1. The number of hydrogen-bond acceptors (Lipinski definition) is 4. The molecule has 35 heavy (non-hydrogen) atoms. The SMILES string of the molecule is O=c1[nH]c2ccc(-n3nnc4c(Cl)cc(-c5ccnn5C5Cc6ccc(Cl)cc6C5)cc43)cc2[nH]1. The third-order valence-corrected chi connectivity index (χ3v) is 7.16. The molecule has 0 radical (unpaired) electrons. The highest BCUT2D eigenvalue weighted by Crippen LogP contribution is 2.36. The highest BCUT2D eigenvalue weighted by atomic mass is 35.5. The van der Waals surface area contributed by atoms with Crippen molar-refractivity contribution in [3.05, 3.63) is 92.5 Å². The number of H-pyrrole nitrogens is 2. The van der Waals surface area contributed by atoms with E-state index in [4.69, 9.17) is 23.2 Å². The summed E-state index contributed by atoms with van der Waals surface area (Å²) in [5, 5.41) is 14.6. The molecule has 1 unspecified atom stereocenters. The molecule has 2 N–H and O–H groups in total. The Kier molecular flexibility index (Phi) is 4.43. The van der Waals surface area contributed by atoms with Gasteiger partial charge in [-0.3, -0.25) is 4.68 Å². The number of aromatic nitrogens is 7. The third kappa shape index (κ3) is 3.29. The first kappa shape index (κ1) is 20.5. The predicted octanol–water partition coefficient (Wildman–Crippen LogP) is 5.10. The monoisotopic (exact) mass is 501 g/mol. The zero-order chi connectivity index (χ0) is 23.7. The van der Waals surface area contributed by atoms with Crippen LogP contribution < -0.4 is 5.69 Å². The van der Waals surface area contributed by atoms with E-state index < -0.39 is 0 Å². The summed E-state index contributed by atoms with van der Waals surface area (Å²) in [5.74, 6) is 0. The van der Waals surface area contributed by atoms with Gasteiger partial charge in [-0.15, -0.1) is 5.10 Å². The number of benzene rings is 3. The molecule has 7 rings (SSSR count). The first-order valence-electron chi connectivity index (χ1n) is 11.1. The quantitative estimate of drug-likeness (QED) is 0.352. The zero-order valence-corrected chi connectivity index (χ0v) is 19.7. The number of nitrogens with one attached hydrogen (secondary N) is 2. The number of nitrogens with zero attached hydrogens (tertiary/aromatic N) is 5. The van der Waals surface area contributed by atoms with Crippen LogP contribution in [0.2, 0.25) is 10.0 Å². The molecule has 1 aliphatic carbocycles. The highest BCUT2D eigenvalue weighted by Gasteiger charge is 2.26. The molecule has 3 aromatic carbocycles. The van der Waals surface area contributed by atoms with Gasteiger partial charge < -0.3 is 9.97 Å². The molecule has 0 aliphatic heterocycles. The molecule has 1 atom stereocenters. The van der Waals surface area contributed by atoms with E-state index in [1.165, 1.54) is 11.1 Å². The van der Waals surface area contributed by atoms with Gasteiger partial charge in [0.05, 0.1) is 39.0 Å². The van der Waals surface area contributed by atoms with Gasteiger partial charge in [-0.25, -0.2) is 9.48 Å². The Morgan fingerprint density at radius 1 is 0.914 bits per heavy atom. The number of halogens is 2. The molecule has 0 amide bonds. The Labute approximate surface area is 208 Å². The van der Waals surface area contributed by atoms with E-state index in [9.17, 15) is 4.79 Å². The van der Waals surface area contributed by atoms with Crippen LogP contribution >= 0.6 is 23.2 Å². The lowest BCUT2D eigenvalue weighted by Crippen LogP contribution is -2.12. The summed E-state index contributed by atoms with van der Waals surface area (Å²) in [5.41, 5.74) is 7.75. The maximum Gasteiger partial charge on any atom is 0.323 e. The van der Waals surface area contributed by atoms with Gasteiger partial charge in [-0.1, -0.05) is 34.5 Å². The van der Waals surface area contributed by atoms with Gasteiger partial charge in [0.15, 0.2) is 0 Å². The number of hydrogen-bond donors (Lipinski definition) is 2. The van der Waals surface area contributed by atoms with Gasteiger partial charge in [-0.2, -0.15) is 5.10 Å². The maximum atomic E-state index is 11.7. The Hall–Kier alpha value is -3.88. The number of aromatic amines is 2. The molecule has 172 valence electrons. The van der Waals surface area contributed by atoms with Crippen molar-refractivity contribution in [1.82, 2.24) is 34.7 Å². The summed E-state index contributed by atoms with van der Waals surface area (Å²) < 4.78 is 3.79. The molecule has 0 spiro atoms. The molecule has 0 saturated carbocycles. The van der Waals surface area contributed by atoms with Crippen LogP contribution in [0.4, 0.5) is 0 Å². The molecular weight excluding hydrogens is 485 g/mol. The minimum absolute atomic E-state index is 0.193. The van der Waals surface area contributed by atoms with Crippen LogP contribution in [0.25, 0.3) is 39.0 Å². The second-order valence-electron chi connectivity index (χ2n) is 8.77. The fourth-order valence-corrected chi connectivity index (χ4v) is 5.49. The van der Waals surface area contributed by atoms with Gasteiger partial charge in [0.1, 0.15) is 5.52 Å². The standard InChI is InChI=1S/C25H17Cl2N7O/c26-16-2-1-13-8-18(9-14(13)7-16)33-22(5-6-28-33)15-10-19(27)24-23(11-15)34(32-31-24)17-3-4-20-21(12-17)30-25(35)29-20/h1-7,10-12,18H,8-9H2,(H2,29,30,35). The van der Waals surface area contributed by atoms with E-state index in [1.54, 1.807) is 4.68 Å². The molecule has 10 heteroatoms. The largest absolute Gasteiger partial charge is 0.323 e. The first-order chi connectivity index (χ1) is 17.0. The van der Waals surface area contributed by atoms with Crippen LogP contribution in [0, 0.1) is 0 Å². The molecule has 0 saturated heterocycles. The van der Waals surface area contributed by atoms with Crippen LogP contribution in [-0.2, 0) is 12.8 Å². The predicted molar refractivity (Wildman–Crippen MR) is 135 cm³/mol. The van der Waals surface area contributed by atoms with Crippen LogP contribution in [0.1, 0.15) is 17.2 Å². The minimum atomic E-state index is -0.254. The van der Waals surface area contributed by atoms with Crippen molar-refractivity contribution in [3.8, 4) is 16.9 Å². The molecule has 6 aromatic rings. The lowest BCUT2D eigenvalue weighted by molar-refractivity contribution is 0.480. The topological polar surface area (TPSA) is 97.2 Å². The van der Waals surface area contributed by atoms with Crippen molar-refractivity contribution in [2.45, 2.75) is 18.9 Å². The fraction of sp³-hybridized carbons (Fsp3) is 0.120. The second kappa shape index (κ2) is 7.56. The van der Waals surface area contributed by atoms with E-state index >= 15 is 0 Å². The summed E-state index contributed by atoms with van der Waals surface area (Å²) in [6.07, 6.45) is 3.58. The fourth-order valence-electron chi connectivity index (χ4n) is 5.04. The maximum absolute atomic E-state index is 11.7. The van der Waals surface area contributed by atoms with Crippen LogP contribution in [0.3, 0.4) is 0 Å². The van der Waals surface area contributed by atoms with Gasteiger partial charge in [0.25, 0.3) is 0 Å². The van der Waals surface area contributed by atoms with Crippen molar-refractivity contribution in [3.63, 3.8) is 0 Å². The average molecular weight is 502 g/mol. The average Bonchev–Trinajstić information content (AvgIpc) is 3.61. The number of fused-ring (bicyclic) bond motifs is 3. The summed E-state index contributed by atoms with van der Waals surface area (Å²) in [6, 6.07) is 17.8. The lowest BCUT2D eigenvalue weighted by atomic mass is 10.1. The van der Waals surface area contributed by atoms with E-state index in [1.807, 2.05) is 54.7 Å². The first-order valence-corrected chi connectivity index (χ1v) is 11.9. The third-order valence-electron chi connectivity index (χ3n) is 6.64. The van der Waals surface area contributed by atoms with Crippen LogP contribution in [0.5, 0.6) is 0 Å². The Morgan fingerprint density at radius 3 is 2.69 bits per heavy atom. The lowest BCUT2D eigenvalue weighted by Gasteiger charge is -2.15. The van der Waals surface area contributed by atoms with Gasteiger partial charge in [0.2, 0.25) is 0 Å². The molecule has 0 fully saturated rings.